The number of pyridine rings is 1. The van der Waals surface area contributed by atoms with E-state index in [0.717, 1.165) is 37.7 Å². The summed E-state index contributed by atoms with van der Waals surface area (Å²) in [5, 5.41) is 11.5. The summed E-state index contributed by atoms with van der Waals surface area (Å²) in [6.45, 7) is 3.08. The van der Waals surface area contributed by atoms with E-state index in [4.69, 9.17) is 0 Å². The van der Waals surface area contributed by atoms with Crippen LogP contribution in [-0.2, 0) is 0 Å². The summed E-state index contributed by atoms with van der Waals surface area (Å²) in [6.07, 6.45) is 2.89. The van der Waals surface area contributed by atoms with Crippen LogP contribution < -0.4 is 10.6 Å². The Hall–Kier alpha value is -1.95. The fraction of sp³-hybridized carbons (Fsp3) is 0.462. The van der Waals surface area contributed by atoms with Gasteiger partial charge in [0.1, 0.15) is 5.69 Å². The summed E-state index contributed by atoms with van der Waals surface area (Å²) in [7, 11) is 0. The van der Waals surface area contributed by atoms with Crippen LogP contribution in [0.15, 0.2) is 24.4 Å². The van der Waals surface area contributed by atoms with Crippen LogP contribution in [0.1, 0.15) is 12.5 Å². The lowest BCUT2D eigenvalue weighted by molar-refractivity contribution is 0.237. The SMILES string of the molecule is c1ccc(-c2nc3n(n2)C2CCNCC2CN3)nc1. The Balaban J connectivity index is 1.73. The third kappa shape index (κ3) is 1.79. The Morgan fingerprint density at radius 3 is 3.16 bits per heavy atom. The van der Waals surface area contributed by atoms with Gasteiger partial charge in [-0.05, 0) is 25.1 Å². The molecule has 2 aliphatic rings. The van der Waals surface area contributed by atoms with Crippen molar-refractivity contribution in [2.24, 2.45) is 5.92 Å². The van der Waals surface area contributed by atoms with E-state index in [2.05, 4.69) is 30.4 Å². The minimum atomic E-state index is 0.461. The van der Waals surface area contributed by atoms with Gasteiger partial charge in [0, 0.05) is 25.2 Å². The van der Waals surface area contributed by atoms with E-state index in [1.54, 1.807) is 6.20 Å². The van der Waals surface area contributed by atoms with Gasteiger partial charge in [-0.15, -0.1) is 5.10 Å². The van der Waals surface area contributed by atoms with Gasteiger partial charge < -0.3 is 10.6 Å². The predicted molar refractivity (Wildman–Crippen MR) is 71.8 cm³/mol. The summed E-state index contributed by atoms with van der Waals surface area (Å²) < 4.78 is 2.05. The Bertz CT molecular complexity index is 578. The first-order valence-electron chi connectivity index (χ1n) is 6.74. The van der Waals surface area contributed by atoms with E-state index in [1.165, 1.54) is 0 Å². The molecule has 2 unspecified atom stereocenters. The van der Waals surface area contributed by atoms with E-state index in [1.807, 2.05) is 18.2 Å². The molecule has 0 aliphatic carbocycles. The largest absolute Gasteiger partial charge is 0.354 e. The van der Waals surface area contributed by atoms with Crippen LogP contribution in [0.4, 0.5) is 5.95 Å². The molecule has 1 saturated heterocycles. The van der Waals surface area contributed by atoms with Crippen LogP contribution in [0.3, 0.4) is 0 Å². The Morgan fingerprint density at radius 1 is 1.26 bits per heavy atom. The van der Waals surface area contributed by atoms with Crippen molar-refractivity contribution in [3.05, 3.63) is 24.4 Å². The topological polar surface area (TPSA) is 67.7 Å². The first kappa shape index (κ1) is 10.9. The molecule has 2 N–H and O–H groups in total. The first-order chi connectivity index (χ1) is 9.42. The number of hydrogen-bond donors (Lipinski definition) is 2. The normalized spacial score (nSPS) is 25.3. The van der Waals surface area contributed by atoms with Crippen LogP contribution in [0, 0.1) is 5.92 Å². The molecule has 6 nitrogen and oxygen atoms in total. The van der Waals surface area contributed by atoms with E-state index in [-0.39, 0.29) is 0 Å². The second-order valence-corrected chi connectivity index (χ2v) is 5.12. The summed E-state index contributed by atoms with van der Waals surface area (Å²) in [4.78, 5) is 8.89. The molecule has 19 heavy (non-hydrogen) atoms. The van der Waals surface area contributed by atoms with Gasteiger partial charge in [-0.1, -0.05) is 6.07 Å². The van der Waals surface area contributed by atoms with Crippen molar-refractivity contribution >= 4 is 5.95 Å². The lowest BCUT2D eigenvalue weighted by atomic mass is 9.92. The van der Waals surface area contributed by atoms with E-state index in [0.29, 0.717) is 17.8 Å². The third-order valence-electron chi connectivity index (χ3n) is 3.93. The molecule has 4 heterocycles. The van der Waals surface area contributed by atoms with Gasteiger partial charge in [0.2, 0.25) is 11.8 Å². The standard InChI is InChI=1S/C13H16N6/c1-2-5-15-10(3-1)12-17-13-16-8-9-7-14-6-4-11(9)19(13)18-12/h1-3,5,9,11,14H,4,6-8H2,(H,16,17,18). The molecule has 1 fully saturated rings. The molecule has 2 aliphatic heterocycles. The van der Waals surface area contributed by atoms with Crippen molar-refractivity contribution < 1.29 is 0 Å². The van der Waals surface area contributed by atoms with Gasteiger partial charge in [0.05, 0.1) is 6.04 Å². The highest BCUT2D eigenvalue weighted by Crippen LogP contribution is 2.32. The van der Waals surface area contributed by atoms with Crippen LogP contribution in [0.25, 0.3) is 11.5 Å². The lowest BCUT2D eigenvalue weighted by Crippen LogP contribution is -2.44. The molecular formula is C13H16N6. The van der Waals surface area contributed by atoms with Gasteiger partial charge in [-0.2, -0.15) is 4.98 Å². The average molecular weight is 256 g/mol. The number of nitrogens with zero attached hydrogens (tertiary/aromatic N) is 4. The quantitative estimate of drug-likeness (QED) is 0.794. The van der Waals surface area contributed by atoms with Gasteiger partial charge in [-0.25, -0.2) is 4.68 Å². The zero-order chi connectivity index (χ0) is 12.7. The van der Waals surface area contributed by atoms with Crippen LogP contribution in [0.5, 0.6) is 0 Å². The number of hydrogen-bond acceptors (Lipinski definition) is 5. The van der Waals surface area contributed by atoms with Crippen molar-refractivity contribution in [2.75, 3.05) is 25.0 Å². The van der Waals surface area contributed by atoms with Crippen molar-refractivity contribution in [1.29, 1.82) is 0 Å². The maximum absolute atomic E-state index is 4.66. The zero-order valence-corrected chi connectivity index (χ0v) is 10.6. The summed E-state index contributed by atoms with van der Waals surface area (Å²) >= 11 is 0. The molecule has 2 aromatic rings. The lowest BCUT2D eigenvalue weighted by Gasteiger charge is -2.36. The maximum atomic E-state index is 4.66. The molecule has 98 valence electrons. The monoisotopic (exact) mass is 256 g/mol. The molecule has 6 heteroatoms. The van der Waals surface area contributed by atoms with Crippen LogP contribution in [0.2, 0.25) is 0 Å². The fourth-order valence-corrected chi connectivity index (χ4v) is 2.94. The van der Waals surface area contributed by atoms with Crippen LogP contribution >= 0.6 is 0 Å². The van der Waals surface area contributed by atoms with Gasteiger partial charge in [0.15, 0.2) is 0 Å². The molecule has 2 aromatic heterocycles. The second kappa shape index (κ2) is 4.31. The van der Waals surface area contributed by atoms with E-state index in [9.17, 15) is 0 Å². The fourth-order valence-electron chi connectivity index (χ4n) is 2.94. The Morgan fingerprint density at radius 2 is 2.26 bits per heavy atom. The maximum Gasteiger partial charge on any atom is 0.222 e. The number of nitrogens with one attached hydrogen (secondary N) is 2. The third-order valence-corrected chi connectivity index (χ3v) is 3.93. The molecule has 0 radical (unpaired) electrons. The smallest absolute Gasteiger partial charge is 0.222 e. The first-order valence-corrected chi connectivity index (χ1v) is 6.74. The van der Waals surface area contributed by atoms with Crippen molar-refractivity contribution in [3.63, 3.8) is 0 Å². The Kier molecular flexibility index (Phi) is 2.48. The number of rotatable bonds is 1. The molecule has 0 amide bonds. The van der Waals surface area contributed by atoms with E-state index >= 15 is 0 Å². The Labute approximate surface area is 111 Å². The minimum absolute atomic E-state index is 0.461. The molecule has 0 spiro atoms. The zero-order valence-electron chi connectivity index (χ0n) is 10.6. The molecule has 2 atom stereocenters. The molecule has 0 bridgehead atoms. The predicted octanol–water partition coefficient (Wildman–Crippen LogP) is 0.916. The molecule has 0 aromatic carbocycles. The number of fused-ring (bicyclic) bond motifs is 3. The van der Waals surface area contributed by atoms with Crippen molar-refractivity contribution in [1.82, 2.24) is 25.1 Å². The highest BCUT2D eigenvalue weighted by Gasteiger charge is 2.33. The van der Waals surface area contributed by atoms with Crippen molar-refractivity contribution in [2.45, 2.75) is 12.5 Å². The minimum Gasteiger partial charge on any atom is -0.354 e. The summed E-state index contributed by atoms with van der Waals surface area (Å²) in [6, 6.07) is 6.27. The summed E-state index contributed by atoms with van der Waals surface area (Å²) in [5.74, 6) is 2.19. The van der Waals surface area contributed by atoms with Gasteiger partial charge >= 0.3 is 0 Å². The molecular weight excluding hydrogens is 240 g/mol. The van der Waals surface area contributed by atoms with Crippen LogP contribution in [-0.4, -0.2) is 39.4 Å². The highest BCUT2D eigenvalue weighted by atomic mass is 15.4. The van der Waals surface area contributed by atoms with Gasteiger partial charge in [0.25, 0.3) is 0 Å². The number of aromatic nitrogens is 4. The number of anilines is 1. The highest BCUT2D eigenvalue weighted by molar-refractivity contribution is 5.51. The second-order valence-electron chi connectivity index (χ2n) is 5.12. The average Bonchev–Trinajstić information content (AvgIpc) is 2.93. The van der Waals surface area contributed by atoms with Gasteiger partial charge in [-0.3, -0.25) is 4.98 Å². The molecule has 4 rings (SSSR count). The summed E-state index contributed by atoms with van der Waals surface area (Å²) in [5.41, 5.74) is 0.830. The number of piperidine rings is 1. The van der Waals surface area contributed by atoms with E-state index < -0.39 is 0 Å². The molecule has 0 saturated carbocycles. The van der Waals surface area contributed by atoms with Crippen molar-refractivity contribution in [3.8, 4) is 11.5 Å².